The van der Waals surface area contributed by atoms with E-state index in [2.05, 4.69) is 13.0 Å². The van der Waals surface area contributed by atoms with Crippen LogP contribution in [-0.2, 0) is 11.2 Å². The van der Waals surface area contributed by atoms with E-state index in [1.54, 1.807) is 4.57 Å². The predicted molar refractivity (Wildman–Crippen MR) is 117 cm³/mol. The molecule has 0 N–H and O–H groups in total. The maximum atomic E-state index is 13.4. The summed E-state index contributed by atoms with van der Waals surface area (Å²) in [4.78, 5) is 33.1. The molecule has 2 aliphatic rings. The second-order valence-electron chi connectivity index (χ2n) is 7.97. The summed E-state index contributed by atoms with van der Waals surface area (Å²) in [6.45, 7) is 4.00. The molecule has 5 nitrogen and oxygen atoms in total. The lowest BCUT2D eigenvalue weighted by Crippen LogP contribution is -2.40. The van der Waals surface area contributed by atoms with Gasteiger partial charge in [-0.25, -0.2) is 4.98 Å². The summed E-state index contributed by atoms with van der Waals surface area (Å²) >= 11 is 1.40. The highest BCUT2D eigenvalue weighted by atomic mass is 32.2. The molecular formula is C23H23N3O2S. The van der Waals surface area contributed by atoms with Crippen LogP contribution in [0.4, 0.5) is 5.69 Å². The molecule has 2 heterocycles. The highest BCUT2D eigenvalue weighted by Gasteiger charge is 2.35. The summed E-state index contributed by atoms with van der Waals surface area (Å²) in [5.74, 6) is 0.0669. The molecule has 3 aromatic rings. The molecule has 29 heavy (non-hydrogen) atoms. The van der Waals surface area contributed by atoms with Crippen LogP contribution < -0.4 is 10.5 Å². The number of rotatable bonds is 4. The van der Waals surface area contributed by atoms with Gasteiger partial charge in [-0.2, -0.15) is 0 Å². The lowest BCUT2D eigenvalue weighted by Gasteiger charge is -2.26. The quantitative estimate of drug-likeness (QED) is 0.482. The smallest absolute Gasteiger partial charge is 0.262 e. The van der Waals surface area contributed by atoms with Gasteiger partial charge in [0.25, 0.3) is 5.56 Å². The Morgan fingerprint density at radius 2 is 1.86 bits per heavy atom. The summed E-state index contributed by atoms with van der Waals surface area (Å²) in [5, 5.41) is 0.962. The zero-order chi connectivity index (χ0) is 20.1. The Morgan fingerprint density at radius 1 is 1.14 bits per heavy atom. The van der Waals surface area contributed by atoms with E-state index in [0.29, 0.717) is 16.1 Å². The maximum absolute atomic E-state index is 13.4. The average molecular weight is 406 g/mol. The molecule has 0 saturated heterocycles. The largest absolute Gasteiger partial charge is 0.308 e. The second kappa shape index (κ2) is 7.02. The number of hydrogen-bond acceptors (Lipinski definition) is 4. The zero-order valence-corrected chi connectivity index (χ0v) is 17.4. The molecule has 0 spiro atoms. The Bertz CT molecular complexity index is 1170. The number of fused-ring (bicyclic) bond motifs is 2. The molecule has 0 bridgehead atoms. The number of anilines is 1. The van der Waals surface area contributed by atoms with Crippen LogP contribution >= 0.6 is 11.8 Å². The number of carbonyl (C=O) groups is 1. The monoisotopic (exact) mass is 405 g/mol. The third-order valence-corrected chi connectivity index (χ3v) is 6.82. The van der Waals surface area contributed by atoms with Gasteiger partial charge in [-0.05, 0) is 56.9 Å². The molecule has 1 aliphatic heterocycles. The molecule has 1 aliphatic carbocycles. The lowest BCUT2D eigenvalue weighted by molar-refractivity contribution is -0.118. The minimum absolute atomic E-state index is 0.000125. The fourth-order valence-corrected chi connectivity index (χ4v) is 5.20. The Morgan fingerprint density at radius 3 is 2.66 bits per heavy atom. The highest BCUT2D eigenvalue weighted by molar-refractivity contribution is 8.00. The van der Waals surface area contributed by atoms with E-state index in [-0.39, 0.29) is 28.8 Å². The second-order valence-corrected chi connectivity index (χ2v) is 9.28. The molecule has 1 saturated carbocycles. The van der Waals surface area contributed by atoms with E-state index in [9.17, 15) is 9.59 Å². The van der Waals surface area contributed by atoms with Crippen molar-refractivity contribution >= 4 is 34.3 Å². The van der Waals surface area contributed by atoms with Crippen LogP contribution in [0.3, 0.4) is 0 Å². The number of nitrogens with zero attached hydrogens (tertiary/aromatic N) is 3. The minimum atomic E-state index is -0.332. The first kappa shape index (κ1) is 18.4. The van der Waals surface area contributed by atoms with Gasteiger partial charge in [0.15, 0.2) is 5.16 Å². The van der Waals surface area contributed by atoms with E-state index in [0.717, 1.165) is 24.9 Å². The van der Waals surface area contributed by atoms with Crippen LogP contribution in [0.25, 0.3) is 10.9 Å². The molecule has 1 aromatic heterocycles. The van der Waals surface area contributed by atoms with Crippen LogP contribution in [0.15, 0.2) is 58.5 Å². The fourth-order valence-electron chi connectivity index (χ4n) is 4.17. The van der Waals surface area contributed by atoms with Crippen molar-refractivity contribution in [1.82, 2.24) is 9.55 Å². The summed E-state index contributed by atoms with van der Waals surface area (Å²) in [5.41, 5.74) is 2.91. The van der Waals surface area contributed by atoms with Crippen molar-refractivity contribution in [3.8, 4) is 0 Å². The van der Waals surface area contributed by atoms with Crippen LogP contribution in [-0.4, -0.2) is 26.8 Å². The molecule has 0 radical (unpaired) electrons. The summed E-state index contributed by atoms with van der Waals surface area (Å²) in [6.07, 6.45) is 2.86. The predicted octanol–water partition coefficient (Wildman–Crippen LogP) is 4.19. The molecule has 2 aromatic carbocycles. The Kier molecular flexibility index (Phi) is 4.46. The highest BCUT2D eigenvalue weighted by Crippen LogP contribution is 2.39. The molecule has 1 amide bonds. The topological polar surface area (TPSA) is 55.2 Å². The first-order valence-electron chi connectivity index (χ1n) is 10.1. The maximum Gasteiger partial charge on any atom is 0.262 e. The van der Waals surface area contributed by atoms with Gasteiger partial charge in [0.2, 0.25) is 5.91 Å². The van der Waals surface area contributed by atoms with Crippen molar-refractivity contribution in [2.75, 3.05) is 4.90 Å². The van der Waals surface area contributed by atoms with Crippen molar-refractivity contribution in [2.24, 2.45) is 0 Å². The van der Waals surface area contributed by atoms with E-state index in [1.165, 1.54) is 17.3 Å². The van der Waals surface area contributed by atoms with Crippen molar-refractivity contribution in [3.05, 3.63) is 64.4 Å². The van der Waals surface area contributed by atoms with Gasteiger partial charge in [0.05, 0.1) is 16.2 Å². The van der Waals surface area contributed by atoms with E-state index in [4.69, 9.17) is 4.98 Å². The molecule has 148 valence electrons. The number of carbonyl (C=O) groups excluding carboxylic acids is 1. The standard InChI is InChI=1S/C23H23N3O2S/c1-14-13-16-7-3-6-10-20(16)25(14)21(27)15(2)29-23-24-19-9-5-4-8-18(19)22(28)26(23)17-11-12-17/h3-10,14-15,17H,11-13H2,1-2H3/t14-,15-/m0/s1. The average Bonchev–Trinajstić information content (AvgIpc) is 3.49. The van der Waals surface area contributed by atoms with Crippen molar-refractivity contribution in [1.29, 1.82) is 0 Å². The fraction of sp³-hybridized carbons (Fsp3) is 0.348. The molecule has 5 rings (SSSR count). The Balaban J connectivity index is 1.49. The first-order valence-corrected chi connectivity index (χ1v) is 11.0. The Labute approximate surface area is 173 Å². The van der Waals surface area contributed by atoms with Crippen LogP contribution in [0.2, 0.25) is 0 Å². The number of para-hydroxylation sites is 2. The normalized spacial score (nSPS) is 19.4. The van der Waals surface area contributed by atoms with Gasteiger partial charge in [0, 0.05) is 17.8 Å². The third kappa shape index (κ3) is 3.15. The number of aromatic nitrogens is 2. The third-order valence-electron chi connectivity index (χ3n) is 5.76. The summed E-state index contributed by atoms with van der Waals surface area (Å²) < 4.78 is 1.80. The molecule has 2 atom stereocenters. The Hall–Kier alpha value is -2.60. The van der Waals surface area contributed by atoms with Gasteiger partial charge in [-0.1, -0.05) is 42.1 Å². The number of amides is 1. The lowest BCUT2D eigenvalue weighted by atomic mass is 10.1. The SMILES string of the molecule is C[C@H](Sc1nc2ccccc2c(=O)n1C1CC1)C(=O)N1c2ccccc2C[C@@H]1C. The molecular weight excluding hydrogens is 382 g/mol. The van der Waals surface area contributed by atoms with Gasteiger partial charge in [-0.3, -0.25) is 14.2 Å². The van der Waals surface area contributed by atoms with Gasteiger partial charge in [-0.15, -0.1) is 0 Å². The van der Waals surface area contributed by atoms with Gasteiger partial charge in [0.1, 0.15) is 0 Å². The number of benzene rings is 2. The summed E-state index contributed by atoms with van der Waals surface area (Å²) in [7, 11) is 0. The molecule has 1 fully saturated rings. The van der Waals surface area contributed by atoms with Crippen molar-refractivity contribution < 1.29 is 4.79 Å². The van der Waals surface area contributed by atoms with Gasteiger partial charge < -0.3 is 4.90 Å². The number of thioether (sulfide) groups is 1. The first-order chi connectivity index (χ1) is 14.0. The number of hydrogen-bond donors (Lipinski definition) is 0. The van der Waals surface area contributed by atoms with E-state index < -0.39 is 0 Å². The van der Waals surface area contributed by atoms with Crippen LogP contribution in [0, 0.1) is 0 Å². The van der Waals surface area contributed by atoms with E-state index in [1.807, 2.05) is 54.3 Å². The van der Waals surface area contributed by atoms with Crippen molar-refractivity contribution in [3.63, 3.8) is 0 Å². The van der Waals surface area contributed by atoms with E-state index >= 15 is 0 Å². The van der Waals surface area contributed by atoms with Crippen LogP contribution in [0.5, 0.6) is 0 Å². The molecule has 6 heteroatoms. The summed E-state index contributed by atoms with van der Waals surface area (Å²) in [6, 6.07) is 15.9. The van der Waals surface area contributed by atoms with Crippen LogP contribution in [0.1, 0.15) is 38.3 Å². The van der Waals surface area contributed by atoms with Gasteiger partial charge >= 0.3 is 0 Å². The van der Waals surface area contributed by atoms with Crippen molar-refractivity contribution in [2.45, 2.75) is 55.6 Å². The zero-order valence-electron chi connectivity index (χ0n) is 16.5. The molecule has 0 unspecified atom stereocenters. The minimum Gasteiger partial charge on any atom is -0.308 e.